The molecule has 3 rings (SSSR count). The van der Waals surface area contributed by atoms with E-state index in [-0.39, 0.29) is 18.4 Å². The highest BCUT2D eigenvalue weighted by Crippen LogP contribution is 2.34. The van der Waals surface area contributed by atoms with Crippen LogP contribution in [0.4, 0.5) is 0 Å². The van der Waals surface area contributed by atoms with Gasteiger partial charge in [-0.05, 0) is 25.8 Å². The van der Waals surface area contributed by atoms with Gasteiger partial charge in [-0.2, -0.15) is 0 Å². The van der Waals surface area contributed by atoms with Gasteiger partial charge in [0, 0.05) is 16.8 Å². The van der Waals surface area contributed by atoms with Crippen LogP contribution in [0.1, 0.15) is 48.5 Å². The number of hydrogen-bond donors (Lipinski definition) is 2. The number of amides is 2. The number of nitrogens with one attached hydrogen (secondary N) is 1. The molecule has 0 spiro atoms. The number of benzene rings is 1. The van der Waals surface area contributed by atoms with Gasteiger partial charge in [0.2, 0.25) is 5.91 Å². The quantitative estimate of drug-likeness (QED) is 0.879. The Bertz CT molecular complexity index is 723. The molecule has 2 N–H and O–H groups in total. The number of carbonyl (C=O) groups excluding carboxylic acids is 2. The Morgan fingerprint density at radius 2 is 2.00 bits per heavy atom. The van der Waals surface area contributed by atoms with Crippen molar-refractivity contribution in [1.29, 1.82) is 0 Å². The molecule has 1 aliphatic heterocycles. The Kier molecular flexibility index (Phi) is 4.37. The molecule has 25 heavy (non-hydrogen) atoms. The fourth-order valence-corrected chi connectivity index (χ4v) is 3.88. The molecular weight excluding hydrogens is 320 g/mol. The molecule has 1 aliphatic carbocycles. The average molecular weight is 342 g/mol. The number of rotatable bonds is 4. The number of hydrogen-bond acceptors (Lipinski definition) is 3. The molecule has 132 valence electrons. The van der Waals surface area contributed by atoms with E-state index < -0.39 is 17.4 Å². The predicted molar refractivity (Wildman–Crippen MR) is 92.7 cm³/mol. The maximum atomic E-state index is 12.5. The summed E-state index contributed by atoms with van der Waals surface area (Å²) in [5, 5.41) is 12.3. The molecule has 1 fully saturated rings. The van der Waals surface area contributed by atoms with Gasteiger partial charge in [0.25, 0.3) is 5.91 Å². The van der Waals surface area contributed by atoms with Crippen molar-refractivity contribution in [2.75, 3.05) is 6.54 Å². The van der Waals surface area contributed by atoms with E-state index in [1.165, 1.54) is 4.90 Å². The smallest absolute Gasteiger partial charge is 0.308 e. The Hall–Kier alpha value is -2.63. The van der Waals surface area contributed by atoms with Crippen LogP contribution in [0.5, 0.6) is 0 Å². The third-order valence-corrected chi connectivity index (χ3v) is 5.27. The van der Waals surface area contributed by atoms with E-state index >= 15 is 0 Å². The number of carboxylic acid groups (broad SMARTS) is 1. The van der Waals surface area contributed by atoms with Crippen LogP contribution in [0, 0.1) is 5.92 Å². The lowest BCUT2D eigenvalue weighted by atomic mass is 9.74. The van der Waals surface area contributed by atoms with Crippen LogP contribution >= 0.6 is 0 Å². The molecule has 2 atom stereocenters. The third-order valence-electron chi connectivity index (χ3n) is 5.27. The zero-order chi connectivity index (χ0) is 18.2. The van der Waals surface area contributed by atoms with E-state index in [9.17, 15) is 19.5 Å². The summed E-state index contributed by atoms with van der Waals surface area (Å²) in [7, 11) is 0. The lowest BCUT2D eigenvalue weighted by Crippen LogP contribution is -2.57. The number of nitrogens with zero attached hydrogens (tertiary/aromatic N) is 1. The molecule has 0 saturated heterocycles. The maximum absolute atomic E-state index is 12.5. The van der Waals surface area contributed by atoms with E-state index in [1.54, 1.807) is 25.1 Å². The first-order chi connectivity index (χ1) is 11.8. The Morgan fingerprint density at radius 1 is 1.32 bits per heavy atom. The summed E-state index contributed by atoms with van der Waals surface area (Å²) in [4.78, 5) is 37.9. The molecular formula is C19H22N2O4. The Labute approximate surface area is 146 Å². The number of carboxylic acids is 1. The lowest BCUT2D eigenvalue weighted by molar-refractivity contribution is -0.146. The van der Waals surface area contributed by atoms with Crippen molar-refractivity contribution in [3.8, 4) is 0 Å². The molecule has 6 nitrogen and oxygen atoms in total. The van der Waals surface area contributed by atoms with Crippen molar-refractivity contribution >= 4 is 23.5 Å². The van der Waals surface area contributed by atoms with Crippen molar-refractivity contribution in [3.63, 3.8) is 0 Å². The fourth-order valence-electron chi connectivity index (χ4n) is 3.88. The first-order valence-electron chi connectivity index (χ1n) is 8.47. The molecule has 1 heterocycles. The molecule has 1 aromatic rings. The number of fused-ring (bicyclic) bond motifs is 1. The minimum absolute atomic E-state index is 0.158. The maximum Gasteiger partial charge on any atom is 0.308 e. The van der Waals surface area contributed by atoms with Crippen molar-refractivity contribution in [1.82, 2.24) is 10.2 Å². The molecule has 0 bridgehead atoms. The topological polar surface area (TPSA) is 86.7 Å². The second-order valence-corrected chi connectivity index (χ2v) is 6.99. The molecule has 0 radical (unpaired) electrons. The highest BCUT2D eigenvalue weighted by atomic mass is 16.4. The molecule has 0 aromatic heterocycles. The largest absolute Gasteiger partial charge is 0.481 e. The second kappa shape index (κ2) is 6.35. The van der Waals surface area contributed by atoms with Crippen LogP contribution < -0.4 is 5.32 Å². The third kappa shape index (κ3) is 3.04. The van der Waals surface area contributed by atoms with Gasteiger partial charge in [-0.3, -0.25) is 19.3 Å². The van der Waals surface area contributed by atoms with Gasteiger partial charge in [0.05, 0.1) is 11.5 Å². The van der Waals surface area contributed by atoms with Crippen LogP contribution in [0.15, 0.2) is 30.8 Å². The highest BCUT2D eigenvalue weighted by molar-refractivity contribution is 6.10. The van der Waals surface area contributed by atoms with E-state index in [0.29, 0.717) is 24.1 Å². The zero-order valence-corrected chi connectivity index (χ0v) is 14.2. The van der Waals surface area contributed by atoms with Crippen molar-refractivity contribution in [3.05, 3.63) is 42.0 Å². The summed E-state index contributed by atoms with van der Waals surface area (Å²) in [5.74, 6) is -2.12. The first-order valence-corrected chi connectivity index (χ1v) is 8.47. The number of carbonyl (C=O) groups is 3. The van der Waals surface area contributed by atoms with Gasteiger partial charge in [0.1, 0.15) is 6.54 Å². The summed E-state index contributed by atoms with van der Waals surface area (Å²) < 4.78 is 0. The molecule has 2 aliphatic rings. The average Bonchev–Trinajstić information content (AvgIpc) is 2.80. The van der Waals surface area contributed by atoms with E-state index in [2.05, 4.69) is 11.9 Å². The van der Waals surface area contributed by atoms with Gasteiger partial charge in [-0.25, -0.2) is 0 Å². The van der Waals surface area contributed by atoms with Gasteiger partial charge in [0.15, 0.2) is 0 Å². The van der Waals surface area contributed by atoms with Crippen LogP contribution in [0.25, 0.3) is 5.70 Å². The summed E-state index contributed by atoms with van der Waals surface area (Å²) in [6, 6.07) is 7.11. The van der Waals surface area contributed by atoms with Crippen molar-refractivity contribution < 1.29 is 19.5 Å². The van der Waals surface area contributed by atoms with Gasteiger partial charge >= 0.3 is 5.97 Å². The van der Waals surface area contributed by atoms with Gasteiger partial charge < -0.3 is 10.4 Å². The standard InChI is InChI=1S/C19H22N2O4/c1-12-13-7-3-4-8-14(13)17(23)21(12)11-16(22)20-19(2)10-6-5-9-15(19)18(24)25/h3-4,7-8,15H,1,5-6,9-11H2,2H3,(H,20,22)(H,24,25). The minimum atomic E-state index is -0.892. The summed E-state index contributed by atoms with van der Waals surface area (Å²) in [6.45, 7) is 5.54. The van der Waals surface area contributed by atoms with Crippen molar-refractivity contribution in [2.45, 2.75) is 38.1 Å². The van der Waals surface area contributed by atoms with Crippen molar-refractivity contribution in [2.24, 2.45) is 5.92 Å². The Balaban J connectivity index is 1.72. The Morgan fingerprint density at radius 3 is 2.64 bits per heavy atom. The lowest BCUT2D eigenvalue weighted by Gasteiger charge is -2.40. The molecule has 2 unspecified atom stereocenters. The molecule has 6 heteroatoms. The predicted octanol–water partition coefficient (Wildman–Crippen LogP) is 2.26. The monoisotopic (exact) mass is 342 g/mol. The highest BCUT2D eigenvalue weighted by Gasteiger charge is 2.43. The second-order valence-electron chi connectivity index (χ2n) is 6.99. The normalized spacial score (nSPS) is 25.6. The van der Waals surface area contributed by atoms with E-state index in [0.717, 1.165) is 18.4 Å². The fraction of sp³-hybridized carbons (Fsp3) is 0.421. The first kappa shape index (κ1) is 17.2. The molecule has 1 saturated carbocycles. The van der Waals surface area contributed by atoms with Crippen LogP contribution in [0.3, 0.4) is 0 Å². The van der Waals surface area contributed by atoms with Crippen LogP contribution in [-0.2, 0) is 9.59 Å². The van der Waals surface area contributed by atoms with E-state index in [4.69, 9.17) is 0 Å². The van der Waals surface area contributed by atoms with Gasteiger partial charge in [-0.15, -0.1) is 0 Å². The minimum Gasteiger partial charge on any atom is -0.481 e. The molecule has 1 aromatic carbocycles. The summed E-state index contributed by atoms with van der Waals surface area (Å²) in [5.41, 5.74) is 0.970. The van der Waals surface area contributed by atoms with Gasteiger partial charge in [-0.1, -0.05) is 37.6 Å². The molecule has 2 amide bonds. The van der Waals surface area contributed by atoms with Crippen LogP contribution in [0.2, 0.25) is 0 Å². The summed E-state index contributed by atoms with van der Waals surface area (Å²) >= 11 is 0. The van der Waals surface area contributed by atoms with E-state index in [1.807, 2.05) is 6.07 Å². The van der Waals surface area contributed by atoms with Crippen LogP contribution in [-0.4, -0.2) is 39.9 Å². The zero-order valence-electron chi connectivity index (χ0n) is 14.2. The number of aliphatic carboxylic acids is 1. The summed E-state index contributed by atoms with van der Waals surface area (Å²) in [6.07, 6.45) is 2.89. The SMILES string of the molecule is C=C1c2ccccc2C(=O)N1CC(=O)NC1(C)CCCCC1C(=O)O.